The lowest BCUT2D eigenvalue weighted by molar-refractivity contribution is -0.141. The molecule has 0 aromatic rings. The molecule has 3 atom stereocenters. The largest absolute Gasteiger partial charge is 0.481 e. The lowest BCUT2D eigenvalue weighted by atomic mass is 10.2. The molecule has 0 aromatic heterocycles. The molecule has 2 amide bonds. The van der Waals surface area contributed by atoms with E-state index >= 15 is 0 Å². The molecule has 14 nitrogen and oxygen atoms in total. The van der Waals surface area contributed by atoms with Crippen molar-refractivity contribution in [2.75, 3.05) is 0 Å². The standard InChI is InChI=1S/C5H10N2O3.C5H9NO4.C5H7NO3/c2*6-3(5(9)10)1-2-4(7)8;7-4-2-1-3(6-4)5(8)9/h3H,1-2,6H2,(H2,7,8)(H,9,10);3H,1-2,6H2,(H,7,8)(H,9,10);3H,1-2H2,(H,6,7)(H,8,9)/t3*3-/m000/s1. The fourth-order valence-electron chi connectivity index (χ4n) is 1.62. The van der Waals surface area contributed by atoms with Gasteiger partial charge in [0.05, 0.1) is 0 Å². The predicted molar refractivity (Wildman–Crippen MR) is 95.3 cm³/mol. The van der Waals surface area contributed by atoms with Gasteiger partial charge in [0.25, 0.3) is 0 Å². The molecule has 0 aromatic carbocycles. The fraction of sp³-hybridized carbons (Fsp3) is 0.600. The van der Waals surface area contributed by atoms with Gasteiger partial charge in [-0.25, -0.2) is 4.79 Å². The van der Waals surface area contributed by atoms with E-state index in [1.807, 2.05) is 0 Å². The van der Waals surface area contributed by atoms with E-state index in [0.29, 0.717) is 12.8 Å². The van der Waals surface area contributed by atoms with Gasteiger partial charge >= 0.3 is 23.9 Å². The second-order valence-electron chi connectivity index (χ2n) is 5.82. The molecule has 11 N–H and O–H groups in total. The maximum Gasteiger partial charge on any atom is 0.326 e. The minimum absolute atomic E-state index is 0.0213. The number of carbonyl (C=O) groups excluding carboxylic acids is 2. The highest BCUT2D eigenvalue weighted by Crippen LogP contribution is 2.05. The number of nitrogens with one attached hydrogen (secondary N) is 1. The molecule has 1 heterocycles. The van der Waals surface area contributed by atoms with Gasteiger partial charge in [0, 0.05) is 19.3 Å². The Morgan fingerprint density at radius 3 is 1.62 bits per heavy atom. The van der Waals surface area contributed by atoms with Gasteiger partial charge in [0.2, 0.25) is 11.8 Å². The molecule has 29 heavy (non-hydrogen) atoms. The molecular formula is C15H26N4O10. The Labute approximate surface area is 165 Å². The second-order valence-corrected chi connectivity index (χ2v) is 5.82. The van der Waals surface area contributed by atoms with Gasteiger partial charge < -0.3 is 42.9 Å². The van der Waals surface area contributed by atoms with Gasteiger partial charge in [-0.15, -0.1) is 0 Å². The summed E-state index contributed by atoms with van der Waals surface area (Å²) in [6.45, 7) is 0. The molecule has 1 aliphatic heterocycles. The zero-order valence-corrected chi connectivity index (χ0v) is 15.4. The van der Waals surface area contributed by atoms with Crippen molar-refractivity contribution in [2.45, 2.75) is 56.7 Å². The van der Waals surface area contributed by atoms with Crippen LogP contribution in [0.1, 0.15) is 38.5 Å². The van der Waals surface area contributed by atoms with Crippen molar-refractivity contribution in [3.63, 3.8) is 0 Å². The fourth-order valence-corrected chi connectivity index (χ4v) is 1.62. The average Bonchev–Trinajstić information content (AvgIpc) is 3.05. The average molecular weight is 422 g/mol. The van der Waals surface area contributed by atoms with Crippen LogP contribution in [0.3, 0.4) is 0 Å². The summed E-state index contributed by atoms with van der Waals surface area (Å²) in [7, 11) is 0. The molecule has 0 unspecified atom stereocenters. The van der Waals surface area contributed by atoms with Crippen LogP contribution in [0.4, 0.5) is 0 Å². The third-order valence-electron chi connectivity index (χ3n) is 3.30. The predicted octanol–water partition coefficient (Wildman–Crippen LogP) is -2.72. The highest BCUT2D eigenvalue weighted by atomic mass is 16.4. The van der Waals surface area contributed by atoms with Crippen LogP contribution in [0.2, 0.25) is 0 Å². The monoisotopic (exact) mass is 422 g/mol. The van der Waals surface area contributed by atoms with Crippen molar-refractivity contribution < 1.29 is 49.2 Å². The van der Waals surface area contributed by atoms with E-state index < -0.39 is 47.9 Å². The van der Waals surface area contributed by atoms with Crippen LogP contribution in [0.5, 0.6) is 0 Å². The Hall–Kier alpha value is -3.26. The number of hydrogen-bond acceptors (Lipinski definition) is 8. The molecule has 14 heteroatoms. The van der Waals surface area contributed by atoms with Gasteiger partial charge in [-0.05, 0) is 19.3 Å². The highest BCUT2D eigenvalue weighted by Gasteiger charge is 2.26. The van der Waals surface area contributed by atoms with Crippen LogP contribution in [0.25, 0.3) is 0 Å². The number of primary amides is 1. The van der Waals surface area contributed by atoms with Gasteiger partial charge in [0.1, 0.15) is 18.1 Å². The van der Waals surface area contributed by atoms with Crippen LogP contribution >= 0.6 is 0 Å². The van der Waals surface area contributed by atoms with Crippen LogP contribution in [-0.4, -0.2) is 74.2 Å². The minimum Gasteiger partial charge on any atom is -0.481 e. The molecule has 0 saturated carbocycles. The first-order valence-corrected chi connectivity index (χ1v) is 8.26. The van der Waals surface area contributed by atoms with Crippen LogP contribution < -0.4 is 22.5 Å². The Balaban J connectivity index is 0. The molecular weight excluding hydrogens is 396 g/mol. The van der Waals surface area contributed by atoms with Crippen molar-refractivity contribution in [3.05, 3.63) is 0 Å². The normalized spacial score (nSPS) is 16.6. The van der Waals surface area contributed by atoms with Gasteiger partial charge in [-0.1, -0.05) is 0 Å². The number of nitrogens with two attached hydrogens (primary N) is 3. The van der Waals surface area contributed by atoms with E-state index in [1.54, 1.807) is 0 Å². The minimum atomic E-state index is -1.17. The third kappa shape index (κ3) is 16.6. The van der Waals surface area contributed by atoms with E-state index in [9.17, 15) is 28.8 Å². The van der Waals surface area contributed by atoms with E-state index in [-0.39, 0.29) is 31.6 Å². The number of rotatable bonds is 9. The van der Waals surface area contributed by atoms with E-state index in [0.717, 1.165) is 0 Å². The summed E-state index contributed by atoms with van der Waals surface area (Å²) < 4.78 is 0. The first-order chi connectivity index (χ1) is 13.3. The first-order valence-electron chi connectivity index (χ1n) is 8.26. The van der Waals surface area contributed by atoms with Gasteiger partial charge in [0.15, 0.2) is 0 Å². The van der Waals surface area contributed by atoms with Crippen molar-refractivity contribution >= 4 is 35.7 Å². The molecule has 166 valence electrons. The number of carboxylic acid groups (broad SMARTS) is 4. The second kappa shape index (κ2) is 14.8. The molecule has 1 saturated heterocycles. The molecule has 0 spiro atoms. The highest BCUT2D eigenvalue weighted by molar-refractivity contribution is 5.87. The number of carbonyl (C=O) groups is 6. The Morgan fingerprint density at radius 2 is 1.38 bits per heavy atom. The van der Waals surface area contributed by atoms with E-state index in [1.165, 1.54) is 0 Å². The Bertz CT molecular complexity index is 576. The zero-order valence-electron chi connectivity index (χ0n) is 15.4. The third-order valence-corrected chi connectivity index (χ3v) is 3.30. The Kier molecular flexibility index (Phi) is 14.2. The number of hydrogen-bond donors (Lipinski definition) is 8. The SMILES string of the molecule is NC(=O)CC[C@H](N)C(=O)O.N[C@@H](CCC(=O)O)C(=O)O.O=C1CC[C@@H](C(=O)O)N1. The van der Waals surface area contributed by atoms with Crippen molar-refractivity contribution in [1.82, 2.24) is 5.32 Å². The van der Waals surface area contributed by atoms with Crippen LogP contribution in [0.15, 0.2) is 0 Å². The Morgan fingerprint density at radius 1 is 0.931 bits per heavy atom. The summed E-state index contributed by atoms with van der Waals surface area (Å²) >= 11 is 0. The maximum absolute atomic E-state index is 10.4. The lowest BCUT2D eigenvalue weighted by Gasteiger charge is -2.01. The van der Waals surface area contributed by atoms with Crippen LogP contribution in [0, 0.1) is 0 Å². The topological polar surface area (TPSA) is 273 Å². The molecule has 1 rings (SSSR count). The quantitative estimate of drug-likeness (QED) is 0.188. The molecule has 0 aliphatic carbocycles. The number of carboxylic acids is 4. The van der Waals surface area contributed by atoms with Crippen LogP contribution in [-0.2, 0) is 28.8 Å². The molecule has 1 aliphatic rings. The molecule has 0 radical (unpaired) electrons. The maximum atomic E-state index is 10.4. The lowest BCUT2D eigenvalue weighted by Crippen LogP contribution is -2.32. The first kappa shape index (κ1) is 28.0. The summed E-state index contributed by atoms with van der Waals surface area (Å²) in [5.41, 5.74) is 14.8. The summed E-state index contributed by atoms with van der Waals surface area (Å²) in [5, 5.41) is 35.1. The van der Waals surface area contributed by atoms with E-state index in [4.69, 9.17) is 37.6 Å². The zero-order chi connectivity index (χ0) is 23.1. The smallest absolute Gasteiger partial charge is 0.326 e. The number of aliphatic carboxylic acids is 4. The molecule has 0 bridgehead atoms. The van der Waals surface area contributed by atoms with Crippen molar-refractivity contribution in [2.24, 2.45) is 17.2 Å². The van der Waals surface area contributed by atoms with Crippen molar-refractivity contribution in [3.8, 4) is 0 Å². The van der Waals surface area contributed by atoms with Gasteiger partial charge in [-0.3, -0.25) is 24.0 Å². The summed E-state index contributed by atoms with van der Waals surface area (Å²) in [6.07, 6.45) is 0.668. The van der Waals surface area contributed by atoms with E-state index in [2.05, 4.69) is 5.32 Å². The molecule has 1 fully saturated rings. The summed E-state index contributed by atoms with van der Waals surface area (Å²) in [4.78, 5) is 60.5. The van der Waals surface area contributed by atoms with Crippen molar-refractivity contribution in [1.29, 1.82) is 0 Å². The number of amides is 2. The van der Waals surface area contributed by atoms with Gasteiger partial charge in [-0.2, -0.15) is 0 Å². The summed E-state index contributed by atoms with van der Waals surface area (Å²) in [6, 6.07) is -2.68. The summed E-state index contributed by atoms with van der Waals surface area (Å²) in [5.74, 6) is -4.95.